The first-order valence-electron chi connectivity index (χ1n) is 10.2. The molecule has 0 spiro atoms. The van der Waals surface area contributed by atoms with Crippen LogP contribution in [0.3, 0.4) is 0 Å². The van der Waals surface area contributed by atoms with Gasteiger partial charge in [-0.3, -0.25) is 9.59 Å². The van der Waals surface area contributed by atoms with Gasteiger partial charge in [0, 0.05) is 16.3 Å². The van der Waals surface area contributed by atoms with Gasteiger partial charge < -0.3 is 15.4 Å². The summed E-state index contributed by atoms with van der Waals surface area (Å²) in [5, 5.41) is 15.7. The number of nitrogens with one attached hydrogen (secondary N) is 2. The lowest BCUT2D eigenvalue weighted by atomic mass is 10.1. The van der Waals surface area contributed by atoms with E-state index in [1.807, 2.05) is 38.1 Å². The number of hydrogen-bond donors (Lipinski definition) is 2. The summed E-state index contributed by atoms with van der Waals surface area (Å²) in [6.45, 7) is 3.61. The van der Waals surface area contributed by atoms with Crippen LogP contribution in [-0.2, 0) is 9.59 Å². The molecular formula is C26H21Cl2N3O3. The molecule has 34 heavy (non-hydrogen) atoms. The molecule has 0 aliphatic rings. The molecule has 2 N–H and O–H groups in total. The molecule has 0 aliphatic carbocycles. The molecule has 3 aromatic rings. The van der Waals surface area contributed by atoms with Crippen molar-refractivity contribution in [2.24, 2.45) is 0 Å². The van der Waals surface area contributed by atoms with Crippen LogP contribution in [0.25, 0.3) is 6.08 Å². The van der Waals surface area contributed by atoms with Crippen LogP contribution in [0.4, 0.5) is 11.4 Å². The van der Waals surface area contributed by atoms with Crippen molar-refractivity contribution in [1.82, 2.24) is 0 Å². The van der Waals surface area contributed by atoms with Gasteiger partial charge in [-0.25, -0.2) is 0 Å². The third kappa shape index (κ3) is 6.38. The molecule has 3 aromatic carbocycles. The zero-order valence-corrected chi connectivity index (χ0v) is 20.0. The minimum absolute atomic E-state index is 0.188. The van der Waals surface area contributed by atoms with Crippen LogP contribution in [0, 0.1) is 25.2 Å². The predicted octanol–water partition coefficient (Wildman–Crippen LogP) is 6.17. The van der Waals surface area contributed by atoms with Gasteiger partial charge >= 0.3 is 0 Å². The van der Waals surface area contributed by atoms with Crippen molar-refractivity contribution in [2.75, 3.05) is 17.2 Å². The fourth-order valence-electron chi connectivity index (χ4n) is 3.04. The van der Waals surface area contributed by atoms with Gasteiger partial charge in [-0.2, -0.15) is 5.26 Å². The molecule has 0 radical (unpaired) electrons. The first-order valence-corrected chi connectivity index (χ1v) is 11.0. The van der Waals surface area contributed by atoms with E-state index < -0.39 is 5.91 Å². The highest BCUT2D eigenvalue weighted by atomic mass is 35.5. The number of hydrogen-bond acceptors (Lipinski definition) is 4. The third-order valence-electron chi connectivity index (χ3n) is 5.00. The molecule has 0 aliphatic heterocycles. The Morgan fingerprint density at radius 2 is 1.74 bits per heavy atom. The van der Waals surface area contributed by atoms with E-state index in [0.717, 1.165) is 11.1 Å². The SMILES string of the molecule is Cc1cccc(NC(=O)COc2ccc(Cl)cc2/C=C(\C#N)C(=O)Nc2ccccc2Cl)c1C. The number of rotatable bonds is 7. The normalized spacial score (nSPS) is 10.9. The molecule has 0 unspecified atom stereocenters. The van der Waals surface area contributed by atoms with Gasteiger partial charge in [0.2, 0.25) is 0 Å². The minimum atomic E-state index is -0.644. The molecule has 0 atom stereocenters. The number of amides is 2. The van der Waals surface area contributed by atoms with Crippen LogP contribution >= 0.6 is 23.2 Å². The maximum atomic E-state index is 12.6. The van der Waals surface area contributed by atoms with Crippen molar-refractivity contribution < 1.29 is 14.3 Å². The van der Waals surface area contributed by atoms with Gasteiger partial charge in [-0.15, -0.1) is 0 Å². The Hall–Kier alpha value is -3.79. The number of carbonyl (C=O) groups is 2. The van der Waals surface area contributed by atoms with Crippen LogP contribution in [-0.4, -0.2) is 18.4 Å². The van der Waals surface area contributed by atoms with Crippen LogP contribution in [0.2, 0.25) is 10.0 Å². The topological polar surface area (TPSA) is 91.2 Å². The third-order valence-corrected chi connectivity index (χ3v) is 5.56. The molecule has 0 saturated heterocycles. The molecule has 172 valence electrons. The molecule has 8 heteroatoms. The Bertz CT molecular complexity index is 1310. The van der Waals surface area contributed by atoms with Gasteiger partial charge in [0.25, 0.3) is 11.8 Å². The van der Waals surface area contributed by atoms with Crippen molar-refractivity contribution >= 4 is 52.5 Å². The lowest BCUT2D eigenvalue weighted by Gasteiger charge is -2.13. The second-order valence-corrected chi connectivity index (χ2v) is 8.21. The average molecular weight is 494 g/mol. The highest BCUT2D eigenvalue weighted by Gasteiger charge is 2.14. The zero-order chi connectivity index (χ0) is 24.7. The van der Waals surface area contributed by atoms with E-state index in [1.54, 1.807) is 42.5 Å². The van der Waals surface area contributed by atoms with Crippen LogP contribution in [0.1, 0.15) is 16.7 Å². The summed E-state index contributed by atoms with van der Waals surface area (Å²) in [5.74, 6) is -0.705. The maximum absolute atomic E-state index is 12.6. The molecule has 0 saturated carbocycles. The summed E-state index contributed by atoms with van der Waals surface area (Å²) in [6, 6.07) is 18.9. The average Bonchev–Trinajstić information content (AvgIpc) is 2.81. The second-order valence-electron chi connectivity index (χ2n) is 7.37. The number of benzene rings is 3. The van der Waals surface area contributed by atoms with E-state index in [1.165, 1.54) is 6.08 Å². The fraction of sp³-hybridized carbons (Fsp3) is 0.115. The Kier molecular flexibility index (Phi) is 8.31. The standard InChI is InChI=1S/C26H21Cl2N3O3/c1-16-6-5-9-22(17(16)2)30-25(32)15-34-24-11-10-20(27)13-18(24)12-19(14-29)26(33)31-23-8-4-3-7-21(23)28/h3-13H,15H2,1-2H3,(H,30,32)(H,31,33)/b19-12+. The smallest absolute Gasteiger partial charge is 0.266 e. The van der Waals surface area contributed by atoms with Gasteiger partial charge in [-0.05, 0) is 67.4 Å². The predicted molar refractivity (Wildman–Crippen MR) is 135 cm³/mol. The highest BCUT2D eigenvalue weighted by molar-refractivity contribution is 6.34. The largest absolute Gasteiger partial charge is 0.483 e. The summed E-state index contributed by atoms with van der Waals surface area (Å²) in [4.78, 5) is 25.1. The van der Waals surface area contributed by atoms with Gasteiger partial charge in [0.05, 0.1) is 10.7 Å². The molecule has 3 rings (SSSR count). The monoisotopic (exact) mass is 493 g/mol. The summed E-state index contributed by atoms with van der Waals surface area (Å²) in [7, 11) is 0. The summed E-state index contributed by atoms with van der Waals surface area (Å²) in [6.07, 6.45) is 1.34. The van der Waals surface area contributed by atoms with E-state index in [-0.39, 0.29) is 18.1 Å². The summed E-state index contributed by atoms with van der Waals surface area (Å²) < 4.78 is 5.68. The first-order chi connectivity index (χ1) is 16.3. The molecule has 2 amide bonds. The zero-order valence-electron chi connectivity index (χ0n) is 18.5. The molecule has 6 nitrogen and oxygen atoms in total. The number of ether oxygens (including phenoxy) is 1. The van der Waals surface area contributed by atoms with Crippen LogP contribution < -0.4 is 15.4 Å². The quantitative estimate of drug-likeness (QED) is 0.304. The van der Waals surface area contributed by atoms with Gasteiger partial charge in [0.1, 0.15) is 17.4 Å². The van der Waals surface area contributed by atoms with E-state index in [9.17, 15) is 14.9 Å². The molecule has 0 aromatic heterocycles. The Labute approximate surface area is 207 Å². The van der Waals surface area contributed by atoms with E-state index in [2.05, 4.69) is 10.6 Å². The minimum Gasteiger partial charge on any atom is -0.483 e. The summed E-state index contributed by atoms with van der Waals surface area (Å²) in [5.41, 5.74) is 3.29. The Morgan fingerprint density at radius 1 is 1.00 bits per heavy atom. The van der Waals surface area contributed by atoms with Crippen LogP contribution in [0.15, 0.2) is 66.2 Å². The van der Waals surface area contributed by atoms with Gasteiger partial charge in [-0.1, -0.05) is 47.5 Å². The number of carbonyl (C=O) groups excluding carboxylic acids is 2. The number of nitriles is 1. The fourth-order valence-corrected chi connectivity index (χ4v) is 3.40. The second kappa shape index (κ2) is 11.4. The lowest BCUT2D eigenvalue weighted by molar-refractivity contribution is -0.118. The Morgan fingerprint density at radius 3 is 2.47 bits per heavy atom. The van der Waals surface area contributed by atoms with Crippen LogP contribution in [0.5, 0.6) is 5.75 Å². The van der Waals surface area contributed by atoms with Crippen molar-refractivity contribution in [2.45, 2.75) is 13.8 Å². The van der Waals surface area contributed by atoms with Gasteiger partial charge in [0.15, 0.2) is 6.61 Å². The lowest BCUT2D eigenvalue weighted by Crippen LogP contribution is -2.21. The van der Waals surface area contributed by atoms with E-state index in [0.29, 0.717) is 32.7 Å². The van der Waals surface area contributed by atoms with Crippen molar-refractivity contribution in [3.05, 3.63) is 93.0 Å². The number of aryl methyl sites for hydroxylation is 1. The number of halogens is 2. The maximum Gasteiger partial charge on any atom is 0.266 e. The number of para-hydroxylation sites is 1. The molecular weight excluding hydrogens is 473 g/mol. The van der Waals surface area contributed by atoms with Crippen molar-refractivity contribution in [1.29, 1.82) is 5.26 Å². The number of nitrogens with zero attached hydrogens (tertiary/aromatic N) is 1. The van der Waals surface area contributed by atoms with E-state index >= 15 is 0 Å². The first kappa shape index (κ1) is 24.8. The Balaban J connectivity index is 1.77. The van der Waals surface area contributed by atoms with Crippen molar-refractivity contribution in [3.63, 3.8) is 0 Å². The highest BCUT2D eigenvalue weighted by Crippen LogP contribution is 2.27. The molecule has 0 bridgehead atoms. The number of anilines is 2. The van der Waals surface area contributed by atoms with Crippen molar-refractivity contribution in [3.8, 4) is 11.8 Å². The molecule has 0 fully saturated rings. The van der Waals surface area contributed by atoms with E-state index in [4.69, 9.17) is 27.9 Å². The molecule has 0 heterocycles. The summed E-state index contributed by atoms with van der Waals surface area (Å²) >= 11 is 12.2.